The van der Waals surface area contributed by atoms with Crippen LogP contribution in [0.1, 0.15) is 39.0 Å². The van der Waals surface area contributed by atoms with Gasteiger partial charge >= 0.3 is 0 Å². The van der Waals surface area contributed by atoms with Gasteiger partial charge in [-0.1, -0.05) is 19.8 Å². The van der Waals surface area contributed by atoms with E-state index in [2.05, 4.69) is 17.1 Å². The Morgan fingerprint density at radius 2 is 1.87 bits per heavy atom. The molecule has 2 aliphatic rings. The molecule has 0 radical (unpaired) electrons. The second-order valence-corrected chi connectivity index (χ2v) is 4.94. The summed E-state index contributed by atoms with van der Waals surface area (Å²) in [5, 5.41) is 3.33. The standard InChI is InChI=1S/C12H22N2O/c1-10-6-7-13-11(10)12(15)14-8-4-2-3-5-9-14/h10-11,13H,2-9H2,1H3. The van der Waals surface area contributed by atoms with Crippen LogP contribution in [0, 0.1) is 5.92 Å². The van der Waals surface area contributed by atoms with Gasteiger partial charge in [0, 0.05) is 13.1 Å². The van der Waals surface area contributed by atoms with Crippen LogP contribution in [0.15, 0.2) is 0 Å². The van der Waals surface area contributed by atoms with E-state index in [1.807, 2.05) is 0 Å². The first kappa shape index (κ1) is 10.9. The number of nitrogens with zero attached hydrogens (tertiary/aromatic N) is 1. The predicted molar refractivity (Wildman–Crippen MR) is 60.6 cm³/mol. The van der Waals surface area contributed by atoms with Crippen molar-refractivity contribution in [2.75, 3.05) is 19.6 Å². The summed E-state index contributed by atoms with van der Waals surface area (Å²) < 4.78 is 0. The highest BCUT2D eigenvalue weighted by atomic mass is 16.2. The molecule has 1 amide bonds. The fourth-order valence-electron chi connectivity index (χ4n) is 2.65. The van der Waals surface area contributed by atoms with Crippen molar-refractivity contribution >= 4 is 5.91 Å². The van der Waals surface area contributed by atoms with Crippen LogP contribution in [0.3, 0.4) is 0 Å². The lowest BCUT2D eigenvalue weighted by Gasteiger charge is -2.25. The monoisotopic (exact) mass is 210 g/mol. The molecule has 86 valence electrons. The molecule has 2 heterocycles. The smallest absolute Gasteiger partial charge is 0.239 e. The van der Waals surface area contributed by atoms with Crippen LogP contribution in [0.2, 0.25) is 0 Å². The summed E-state index contributed by atoms with van der Waals surface area (Å²) in [6.45, 7) is 5.14. The van der Waals surface area contributed by atoms with E-state index in [4.69, 9.17) is 0 Å². The molecule has 2 rings (SSSR count). The highest BCUT2D eigenvalue weighted by Crippen LogP contribution is 2.18. The van der Waals surface area contributed by atoms with Gasteiger partial charge in [0.2, 0.25) is 5.91 Å². The Balaban J connectivity index is 1.93. The van der Waals surface area contributed by atoms with E-state index >= 15 is 0 Å². The van der Waals surface area contributed by atoms with Crippen LogP contribution < -0.4 is 5.32 Å². The molecular weight excluding hydrogens is 188 g/mol. The largest absolute Gasteiger partial charge is 0.341 e. The Morgan fingerprint density at radius 3 is 2.40 bits per heavy atom. The van der Waals surface area contributed by atoms with Gasteiger partial charge in [-0.15, -0.1) is 0 Å². The van der Waals surface area contributed by atoms with E-state index in [1.54, 1.807) is 0 Å². The normalized spacial score (nSPS) is 32.7. The summed E-state index contributed by atoms with van der Waals surface area (Å²) in [6.07, 6.45) is 6.10. The average Bonchev–Trinajstić information content (AvgIpc) is 2.53. The number of carbonyl (C=O) groups excluding carboxylic acids is 1. The van der Waals surface area contributed by atoms with Crippen LogP contribution in [-0.4, -0.2) is 36.5 Å². The Hall–Kier alpha value is -0.570. The third-order valence-electron chi connectivity index (χ3n) is 3.72. The highest BCUT2D eigenvalue weighted by Gasteiger charge is 2.32. The van der Waals surface area contributed by atoms with E-state index in [9.17, 15) is 4.79 Å². The number of likely N-dealkylation sites (tertiary alicyclic amines) is 1. The van der Waals surface area contributed by atoms with Gasteiger partial charge in [-0.05, 0) is 31.7 Å². The minimum absolute atomic E-state index is 0.100. The van der Waals surface area contributed by atoms with Gasteiger partial charge in [0.25, 0.3) is 0 Å². The van der Waals surface area contributed by atoms with Crippen LogP contribution in [0.25, 0.3) is 0 Å². The zero-order valence-corrected chi connectivity index (χ0v) is 9.67. The number of amides is 1. The third-order valence-corrected chi connectivity index (χ3v) is 3.72. The molecule has 0 bridgehead atoms. The first-order valence-corrected chi connectivity index (χ1v) is 6.31. The third kappa shape index (κ3) is 2.51. The van der Waals surface area contributed by atoms with Gasteiger partial charge in [0.05, 0.1) is 6.04 Å². The zero-order chi connectivity index (χ0) is 10.7. The second kappa shape index (κ2) is 4.97. The van der Waals surface area contributed by atoms with Crippen molar-refractivity contribution in [1.82, 2.24) is 10.2 Å². The molecule has 2 atom stereocenters. The topological polar surface area (TPSA) is 32.3 Å². The van der Waals surface area contributed by atoms with Crippen molar-refractivity contribution in [1.29, 1.82) is 0 Å². The van der Waals surface area contributed by atoms with Crippen molar-refractivity contribution in [3.8, 4) is 0 Å². The predicted octanol–water partition coefficient (Wildman–Crippen LogP) is 1.39. The minimum atomic E-state index is 0.100. The van der Waals surface area contributed by atoms with Crippen LogP contribution >= 0.6 is 0 Å². The highest BCUT2D eigenvalue weighted by molar-refractivity contribution is 5.82. The Morgan fingerprint density at radius 1 is 1.20 bits per heavy atom. The first-order valence-electron chi connectivity index (χ1n) is 6.31. The van der Waals surface area contributed by atoms with Crippen molar-refractivity contribution in [3.63, 3.8) is 0 Å². The maximum absolute atomic E-state index is 12.2. The molecule has 2 saturated heterocycles. The van der Waals surface area contributed by atoms with Gasteiger partial charge in [-0.2, -0.15) is 0 Å². The quantitative estimate of drug-likeness (QED) is 0.709. The Bertz CT molecular complexity index is 222. The number of nitrogens with one attached hydrogen (secondary N) is 1. The summed E-state index contributed by atoms with van der Waals surface area (Å²) in [4.78, 5) is 14.3. The average molecular weight is 210 g/mol. The van der Waals surface area contributed by atoms with Crippen molar-refractivity contribution in [2.45, 2.75) is 45.1 Å². The molecule has 0 saturated carbocycles. The molecule has 2 unspecified atom stereocenters. The number of rotatable bonds is 1. The maximum atomic E-state index is 12.2. The zero-order valence-electron chi connectivity index (χ0n) is 9.67. The van der Waals surface area contributed by atoms with Crippen molar-refractivity contribution in [2.24, 2.45) is 5.92 Å². The Kier molecular flexibility index (Phi) is 3.62. The molecule has 2 aliphatic heterocycles. The van der Waals surface area contributed by atoms with Crippen LogP contribution in [0.4, 0.5) is 0 Å². The fraction of sp³-hybridized carbons (Fsp3) is 0.917. The molecule has 3 heteroatoms. The number of carbonyl (C=O) groups is 1. The molecule has 1 N–H and O–H groups in total. The van der Waals surface area contributed by atoms with Gasteiger partial charge in [-0.3, -0.25) is 4.79 Å². The SMILES string of the molecule is CC1CCNC1C(=O)N1CCCCCC1. The Labute approximate surface area is 92.2 Å². The summed E-state index contributed by atoms with van der Waals surface area (Å²) in [6, 6.07) is 0.100. The lowest BCUT2D eigenvalue weighted by molar-refractivity contribution is -0.133. The van der Waals surface area contributed by atoms with E-state index in [-0.39, 0.29) is 6.04 Å². The number of hydrogen-bond acceptors (Lipinski definition) is 2. The van der Waals surface area contributed by atoms with E-state index in [1.165, 1.54) is 25.7 Å². The molecule has 0 aromatic rings. The molecule has 15 heavy (non-hydrogen) atoms. The molecule has 0 aromatic heterocycles. The van der Waals surface area contributed by atoms with Crippen LogP contribution in [-0.2, 0) is 4.79 Å². The van der Waals surface area contributed by atoms with E-state index < -0.39 is 0 Å². The molecule has 2 fully saturated rings. The maximum Gasteiger partial charge on any atom is 0.239 e. The summed E-state index contributed by atoms with van der Waals surface area (Å²) >= 11 is 0. The van der Waals surface area contributed by atoms with E-state index in [0.717, 1.165) is 26.1 Å². The van der Waals surface area contributed by atoms with Crippen LogP contribution in [0.5, 0.6) is 0 Å². The summed E-state index contributed by atoms with van der Waals surface area (Å²) in [7, 11) is 0. The van der Waals surface area contributed by atoms with Crippen molar-refractivity contribution < 1.29 is 4.79 Å². The van der Waals surface area contributed by atoms with Crippen molar-refractivity contribution in [3.05, 3.63) is 0 Å². The second-order valence-electron chi connectivity index (χ2n) is 4.94. The molecular formula is C12H22N2O. The summed E-state index contributed by atoms with van der Waals surface area (Å²) in [5.41, 5.74) is 0. The first-order chi connectivity index (χ1) is 7.29. The van der Waals surface area contributed by atoms with Gasteiger partial charge in [0.1, 0.15) is 0 Å². The fourth-order valence-corrected chi connectivity index (χ4v) is 2.65. The lowest BCUT2D eigenvalue weighted by Crippen LogP contribution is -2.46. The van der Waals surface area contributed by atoms with Gasteiger partial charge in [0.15, 0.2) is 0 Å². The van der Waals surface area contributed by atoms with E-state index in [0.29, 0.717) is 11.8 Å². The molecule has 0 aliphatic carbocycles. The molecule has 0 spiro atoms. The molecule has 0 aromatic carbocycles. The van der Waals surface area contributed by atoms with Gasteiger partial charge < -0.3 is 10.2 Å². The summed E-state index contributed by atoms with van der Waals surface area (Å²) in [5.74, 6) is 0.864. The lowest BCUT2D eigenvalue weighted by atomic mass is 10.0. The minimum Gasteiger partial charge on any atom is -0.341 e. The van der Waals surface area contributed by atoms with Gasteiger partial charge in [-0.25, -0.2) is 0 Å². The number of hydrogen-bond donors (Lipinski definition) is 1. The molecule has 3 nitrogen and oxygen atoms in total.